The molecule has 5 nitrogen and oxygen atoms in total. The second-order valence-electron chi connectivity index (χ2n) is 3.41. The molecular formula is C8H11N3O2. The van der Waals surface area contributed by atoms with Gasteiger partial charge >= 0.3 is 6.03 Å². The number of nitrogens with zero attached hydrogens (tertiary/aromatic N) is 1. The number of urea groups is 1. The van der Waals surface area contributed by atoms with E-state index in [0.717, 1.165) is 5.57 Å². The number of hydrogen-bond acceptors (Lipinski definition) is 2. The quantitative estimate of drug-likeness (QED) is 0.519. The van der Waals surface area contributed by atoms with E-state index in [0.29, 0.717) is 6.54 Å². The van der Waals surface area contributed by atoms with E-state index in [1.54, 1.807) is 6.08 Å². The first-order valence-electron chi connectivity index (χ1n) is 4.14. The largest absolute Gasteiger partial charge is 0.368 e. The maximum absolute atomic E-state index is 11.3. The van der Waals surface area contributed by atoms with Crippen molar-refractivity contribution in [2.45, 2.75) is 19.0 Å². The summed E-state index contributed by atoms with van der Waals surface area (Å²) in [7, 11) is 0. The zero-order valence-electron chi connectivity index (χ0n) is 7.28. The normalized spacial score (nSPS) is 31.3. The van der Waals surface area contributed by atoms with Crippen LogP contribution in [0.5, 0.6) is 0 Å². The summed E-state index contributed by atoms with van der Waals surface area (Å²) in [6.07, 6.45) is 1.74. The Bertz CT molecular complexity index is 311. The molecule has 1 saturated heterocycles. The molecule has 2 atom stereocenters. The second kappa shape index (κ2) is 2.48. The first-order valence-corrected chi connectivity index (χ1v) is 4.14. The van der Waals surface area contributed by atoms with Gasteiger partial charge in [-0.1, -0.05) is 11.6 Å². The third kappa shape index (κ3) is 1.07. The maximum Gasteiger partial charge on any atom is 0.318 e. The van der Waals surface area contributed by atoms with Gasteiger partial charge in [0, 0.05) is 6.54 Å². The molecule has 3 N–H and O–H groups in total. The first kappa shape index (κ1) is 8.10. The van der Waals surface area contributed by atoms with Crippen molar-refractivity contribution in [2.24, 2.45) is 5.73 Å². The Kier molecular flexibility index (Phi) is 1.55. The monoisotopic (exact) mass is 181 g/mol. The summed E-state index contributed by atoms with van der Waals surface area (Å²) in [6.45, 7) is 2.44. The van der Waals surface area contributed by atoms with Gasteiger partial charge in [0.25, 0.3) is 0 Å². The highest BCUT2D eigenvalue weighted by Crippen LogP contribution is 2.21. The molecule has 2 bridgehead atoms. The minimum atomic E-state index is -0.571. The van der Waals surface area contributed by atoms with Crippen LogP contribution in [0.25, 0.3) is 0 Å². The molecule has 2 aliphatic rings. The fraction of sp³-hybridized carbons (Fsp3) is 0.500. The first-order chi connectivity index (χ1) is 6.09. The van der Waals surface area contributed by atoms with E-state index >= 15 is 0 Å². The summed E-state index contributed by atoms with van der Waals surface area (Å²) in [5, 5.41) is 2.76. The number of primary amides is 1. The Morgan fingerprint density at radius 2 is 2.46 bits per heavy atom. The van der Waals surface area contributed by atoms with Crippen LogP contribution in [-0.4, -0.2) is 35.5 Å². The third-order valence-corrected chi connectivity index (χ3v) is 2.54. The van der Waals surface area contributed by atoms with Gasteiger partial charge in [-0.3, -0.25) is 4.79 Å². The number of amides is 3. The molecule has 0 aromatic rings. The third-order valence-electron chi connectivity index (χ3n) is 2.54. The topological polar surface area (TPSA) is 75.4 Å². The van der Waals surface area contributed by atoms with Gasteiger partial charge in [-0.15, -0.1) is 0 Å². The zero-order valence-corrected chi connectivity index (χ0v) is 7.28. The fourth-order valence-corrected chi connectivity index (χ4v) is 1.75. The molecule has 2 rings (SSSR count). The summed E-state index contributed by atoms with van der Waals surface area (Å²) >= 11 is 0. The van der Waals surface area contributed by atoms with Gasteiger partial charge in [0.15, 0.2) is 0 Å². The van der Waals surface area contributed by atoms with Crippen molar-refractivity contribution >= 4 is 11.9 Å². The van der Waals surface area contributed by atoms with Crippen molar-refractivity contribution in [1.29, 1.82) is 0 Å². The van der Waals surface area contributed by atoms with Crippen molar-refractivity contribution in [2.75, 3.05) is 6.54 Å². The number of carbonyl (C=O) groups excluding carboxylic acids is 2. The Labute approximate surface area is 75.6 Å². The molecule has 0 aromatic carbocycles. The average molecular weight is 181 g/mol. The van der Waals surface area contributed by atoms with E-state index in [2.05, 4.69) is 5.32 Å². The van der Waals surface area contributed by atoms with Gasteiger partial charge in [-0.25, -0.2) is 4.79 Å². The smallest absolute Gasteiger partial charge is 0.318 e. The van der Waals surface area contributed by atoms with Crippen molar-refractivity contribution in [1.82, 2.24) is 10.2 Å². The van der Waals surface area contributed by atoms with Crippen LogP contribution in [0.3, 0.4) is 0 Å². The minimum absolute atomic E-state index is 0.0584. The number of nitrogens with two attached hydrogens (primary N) is 1. The summed E-state index contributed by atoms with van der Waals surface area (Å²) in [4.78, 5) is 23.7. The molecular weight excluding hydrogens is 170 g/mol. The van der Waals surface area contributed by atoms with Gasteiger partial charge in [0.1, 0.15) is 6.04 Å². The van der Waals surface area contributed by atoms with Crippen LogP contribution in [0.2, 0.25) is 0 Å². The molecule has 5 heteroatoms. The molecule has 3 amide bonds. The maximum atomic E-state index is 11.3. The number of hydrogen-bond donors (Lipinski definition) is 2. The second-order valence-corrected chi connectivity index (χ2v) is 3.41. The average Bonchev–Trinajstić information content (AvgIpc) is 2.37. The molecule has 2 unspecified atom stereocenters. The van der Waals surface area contributed by atoms with Crippen molar-refractivity contribution < 1.29 is 9.59 Å². The fourth-order valence-electron chi connectivity index (χ4n) is 1.75. The van der Waals surface area contributed by atoms with Crippen LogP contribution in [0.4, 0.5) is 4.79 Å². The molecule has 70 valence electrons. The zero-order chi connectivity index (χ0) is 9.59. The van der Waals surface area contributed by atoms with E-state index in [9.17, 15) is 9.59 Å². The summed E-state index contributed by atoms with van der Waals surface area (Å²) in [5.74, 6) is -0.477. The molecule has 0 saturated carbocycles. The number of fused-ring (bicyclic) bond motifs is 2. The summed E-state index contributed by atoms with van der Waals surface area (Å²) in [6, 6.07) is -0.719. The summed E-state index contributed by atoms with van der Waals surface area (Å²) in [5.41, 5.74) is 6.18. The number of carbonyl (C=O) groups is 2. The summed E-state index contributed by atoms with van der Waals surface area (Å²) < 4.78 is 0. The molecule has 0 aromatic heterocycles. The van der Waals surface area contributed by atoms with Crippen LogP contribution in [0, 0.1) is 0 Å². The predicted molar refractivity (Wildman–Crippen MR) is 45.8 cm³/mol. The lowest BCUT2D eigenvalue weighted by Crippen LogP contribution is -2.46. The van der Waals surface area contributed by atoms with Gasteiger partial charge in [0.2, 0.25) is 5.91 Å². The van der Waals surface area contributed by atoms with Crippen molar-refractivity contribution in [3.05, 3.63) is 11.6 Å². The molecule has 1 fully saturated rings. The van der Waals surface area contributed by atoms with Crippen LogP contribution in [0.1, 0.15) is 6.92 Å². The molecule has 2 aliphatic heterocycles. The van der Waals surface area contributed by atoms with Gasteiger partial charge in [0.05, 0.1) is 6.04 Å². The van der Waals surface area contributed by atoms with E-state index in [1.807, 2.05) is 6.92 Å². The Balaban J connectivity index is 2.35. The van der Waals surface area contributed by atoms with Crippen LogP contribution in [-0.2, 0) is 4.79 Å². The molecule has 2 heterocycles. The van der Waals surface area contributed by atoms with Crippen LogP contribution in [0.15, 0.2) is 11.6 Å². The van der Waals surface area contributed by atoms with Crippen molar-refractivity contribution in [3.8, 4) is 0 Å². The Morgan fingerprint density at radius 1 is 1.77 bits per heavy atom. The van der Waals surface area contributed by atoms with Crippen LogP contribution < -0.4 is 11.1 Å². The molecule has 13 heavy (non-hydrogen) atoms. The van der Waals surface area contributed by atoms with E-state index in [1.165, 1.54) is 4.90 Å². The van der Waals surface area contributed by atoms with Crippen molar-refractivity contribution in [3.63, 3.8) is 0 Å². The lowest BCUT2D eigenvalue weighted by atomic mass is 10.0. The highest BCUT2D eigenvalue weighted by molar-refractivity contribution is 5.90. The Morgan fingerprint density at radius 3 is 3.08 bits per heavy atom. The Hall–Kier alpha value is -1.52. The lowest BCUT2D eigenvalue weighted by Gasteiger charge is -2.25. The van der Waals surface area contributed by atoms with Crippen LogP contribution >= 0.6 is 0 Å². The SMILES string of the molecule is CC1=CC(C(N)=O)N2CC1NC2=O. The van der Waals surface area contributed by atoms with Gasteiger partial charge in [-0.05, 0) is 6.92 Å². The minimum Gasteiger partial charge on any atom is -0.368 e. The van der Waals surface area contributed by atoms with Gasteiger partial charge in [-0.2, -0.15) is 0 Å². The van der Waals surface area contributed by atoms with E-state index < -0.39 is 11.9 Å². The predicted octanol–water partition coefficient (Wildman–Crippen LogP) is -0.806. The highest BCUT2D eigenvalue weighted by atomic mass is 16.2. The standard InChI is InChI=1S/C8H11N3O2/c1-4-2-6(7(9)12)11-3-5(4)10-8(11)13/h2,5-6H,3H2,1H3,(H2,9,12)(H,10,13). The molecule has 0 radical (unpaired) electrons. The van der Waals surface area contributed by atoms with Gasteiger partial charge < -0.3 is 16.0 Å². The highest BCUT2D eigenvalue weighted by Gasteiger charge is 2.39. The number of rotatable bonds is 1. The molecule has 0 aliphatic carbocycles. The number of nitrogens with one attached hydrogen (secondary N) is 1. The molecule has 0 spiro atoms. The lowest BCUT2D eigenvalue weighted by molar-refractivity contribution is -0.120. The van der Waals surface area contributed by atoms with E-state index in [4.69, 9.17) is 5.73 Å². The van der Waals surface area contributed by atoms with E-state index in [-0.39, 0.29) is 12.1 Å².